The largest absolute Gasteiger partial charge is 0.491 e. The molecule has 2 N–H and O–H groups in total. The molecule has 1 spiro atoms. The van der Waals surface area contributed by atoms with E-state index >= 15 is 0 Å². The molecule has 0 saturated carbocycles. The number of aromatic nitrogens is 4. The van der Waals surface area contributed by atoms with Gasteiger partial charge in [-0.05, 0) is 45.0 Å². The second kappa shape index (κ2) is 13.4. The number of ether oxygens (including phenoxy) is 3. The van der Waals surface area contributed by atoms with Crippen LogP contribution < -0.4 is 15.0 Å². The van der Waals surface area contributed by atoms with Crippen LogP contribution in [0.4, 0.5) is 5.82 Å². The molecule has 0 bridgehead atoms. The third-order valence-corrected chi connectivity index (χ3v) is 8.65. The van der Waals surface area contributed by atoms with E-state index in [9.17, 15) is 5.11 Å². The molecule has 11 nitrogen and oxygen atoms in total. The summed E-state index contributed by atoms with van der Waals surface area (Å²) in [6, 6.07) is 5.35. The maximum Gasteiger partial charge on any atom is 0.163 e. The maximum absolute atomic E-state index is 10.1. The second-order valence-corrected chi connectivity index (χ2v) is 12.0. The molecule has 1 atom stereocenters. The SMILES string of the molecule is CNC[C@@H](O)COc1ccc(Cl)c(-c2nc(-c3c(Cl)cnn3C)c(C)c(N3CC4(CCN(COCOC)CC4)C3)n2)c1. The number of methoxy groups -OCH3 is 1. The van der Waals surface area contributed by atoms with Gasteiger partial charge in [0.2, 0.25) is 0 Å². The highest BCUT2D eigenvalue weighted by atomic mass is 35.5. The van der Waals surface area contributed by atoms with E-state index in [-0.39, 0.29) is 12.0 Å². The molecule has 2 saturated heterocycles. The van der Waals surface area contributed by atoms with E-state index in [0.717, 1.165) is 56.1 Å². The molecule has 4 heterocycles. The van der Waals surface area contributed by atoms with Crippen molar-refractivity contribution in [3.05, 3.63) is 40.0 Å². The van der Waals surface area contributed by atoms with Gasteiger partial charge < -0.3 is 29.5 Å². The summed E-state index contributed by atoms with van der Waals surface area (Å²) in [5, 5.41) is 18.4. The van der Waals surface area contributed by atoms with Crippen LogP contribution in [-0.2, 0) is 16.5 Å². The minimum absolute atomic E-state index is 0.142. The summed E-state index contributed by atoms with van der Waals surface area (Å²) in [6.07, 6.45) is 3.18. The Kier molecular flexibility index (Phi) is 9.88. The number of benzene rings is 1. The predicted octanol–water partition coefficient (Wildman–Crippen LogP) is 3.60. The van der Waals surface area contributed by atoms with Crippen LogP contribution in [0.5, 0.6) is 5.75 Å². The number of aliphatic hydroxyl groups is 1. The molecular weight excluding hydrogens is 581 g/mol. The Morgan fingerprint density at radius 1 is 1.14 bits per heavy atom. The zero-order valence-electron chi connectivity index (χ0n) is 24.6. The fraction of sp³-hybridized carbons (Fsp3) is 0.552. The summed E-state index contributed by atoms with van der Waals surface area (Å²) in [5.41, 5.74) is 3.25. The summed E-state index contributed by atoms with van der Waals surface area (Å²) in [7, 11) is 5.27. The zero-order valence-corrected chi connectivity index (χ0v) is 26.1. The van der Waals surface area contributed by atoms with Crippen LogP contribution in [0.25, 0.3) is 22.8 Å². The number of hydrogen-bond donors (Lipinski definition) is 2. The molecule has 5 rings (SSSR count). The van der Waals surface area contributed by atoms with Gasteiger partial charge in [-0.2, -0.15) is 5.10 Å². The number of halogens is 2. The molecule has 0 amide bonds. The van der Waals surface area contributed by atoms with Crippen LogP contribution in [0.2, 0.25) is 10.0 Å². The average Bonchev–Trinajstić information content (AvgIpc) is 3.30. The van der Waals surface area contributed by atoms with Gasteiger partial charge in [0.05, 0.1) is 21.9 Å². The Bertz CT molecular complexity index is 1350. The van der Waals surface area contributed by atoms with E-state index in [0.29, 0.717) is 52.9 Å². The number of nitrogens with one attached hydrogen (secondary N) is 1. The van der Waals surface area contributed by atoms with Crippen molar-refractivity contribution in [3.8, 4) is 28.5 Å². The second-order valence-electron chi connectivity index (χ2n) is 11.2. The molecular formula is C29H39Cl2N7O4. The van der Waals surface area contributed by atoms with Crippen LogP contribution in [-0.4, -0.2) is 103 Å². The maximum atomic E-state index is 10.1. The average molecular weight is 621 g/mol. The van der Waals surface area contributed by atoms with Gasteiger partial charge in [-0.1, -0.05) is 23.2 Å². The van der Waals surface area contributed by atoms with Crippen LogP contribution in [0.3, 0.4) is 0 Å². The fourth-order valence-electron chi connectivity index (χ4n) is 5.73. The number of piperidine rings is 1. The normalized spacial score (nSPS) is 17.5. The minimum atomic E-state index is -0.640. The lowest BCUT2D eigenvalue weighted by Crippen LogP contribution is -2.61. The smallest absolute Gasteiger partial charge is 0.163 e. The van der Waals surface area contributed by atoms with Crippen molar-refractivity contribution in [2.24, 2.45) is 12.5 Å². The molecule has 1 aromatic carbocycles. The number of likely N-dealkylation sites (N-methyl/N-ethyl adjacent to an activating group) is 1. The number of nitrogens with zero attached hydrogens (tertiary/aromatic N) is 6. The molecule has 2 aliphatic rings. The molecule has 2 aromatic heterocycles. The van der Waals surface area contributed by atoms with Gasteiger partial charge in [0.1, 0.15) is 43.5 Å². The molecule has 2 aliphatic heterocycles. The molecule has 228 valence electrons. The highest BCUT2D eigenvalue weighted by Crippen LogP contribution is 2.45. The lowest BCUT2D eigenvalue weighted by molar-refractivity contribution is -0.0862. The quantitative estimate of drug-likeness (QED) is 0.230. The molecule has 0 aliphatic carbocycles. The molecule has 13 heteroatoms. The van der Waals surface area contributed by atoms with Gasteiger partial charge in [0.25, 0.3) is 0 Å². The van der Waals surface area contributed by atoms with Crippen LogP contribution in [0.1, 0.15) is 18.4 Å². The first kappa shape index (κ1) is 30.9. The Hall–Kier alpha value is -2.51. The van der Waals surface area contributed by atoms with Crippen molar-refractivity contribution in [3.63, 3.8) is 0 Å². The van der Waals surface area contributed by atoms with Gasteiger partial charge >= 0.3 is 0 Å². The van der Waals surface area contributed by atoms with Crippen molar-refractivity contribution in [2.75, 3.05) is 71.9 Å². The number of hydrogen-bond acceptors (Lipinski definition) is 10. The van der Waals surface area contributed by atoms with Gasteiger partial charge in [-0.3, -0.25) is 9.58 Å². The number of aryl methyl sites for hydroxylation is 1. The first-order valence-corrected chi connectivity index (χ1v) is 14.8. The molecule has 2 fully saturated rings. The predicted molar refractivity (Wildman–Crippen MR) is 163 cm³/mol. The number of rotatable bonds is 12. The lowest BCUT2D eigenvalue weighted by Gasteiger charge is -2.54. The molecule has 3 aromatic rings. The highest BCUT2D eigenvalue weighted by molar-refractivity contribution is 6.33. The van der Waals surface area contributed by atoms with E-state index in [1.165, 1.54) is 0 Å². The Labute approximate surface area is 256 Å². The van der Waals surface area contributed by atoms with Gasteiger partial charge in [-0.15, -0.1) is 0 Å². The monoisotopic (exact) mass is 619 g/mol. The summed E-state index contributed by atoms with van der Waals surface area (Å²) in [4.78, 5) is 14.7. The third kappa shape index (κ3) is 6.67. The van der Waals surface area contributed by atoms with E-state index in [1.54, 1.807) is 37.2 Å². The highest BCUT2D eigenvalue weighted by Gasteiger charge is 2.46. The number of likely N-dealkylation sites (tertiary alicyclic amines) is 1. The van der Waals surface area contributed by atoms with Crippen LogP contribution in [0.15, 0.2) is 24.4 Å². The number of anilines is 1. The Morgan fingerprint density at radius 2 is 1.90 bits per heavy atom. The summed E-state index contributed by atoms with van der Waals surface area (Å²) in [6.45, 7) is 7.31. The lowest BCUT2D eigenvalue weighted by atomic mass is 9.72. The van der Waals surface area contributed by atoms with Gasteiger partial charge in [-0.25, -0.2) is 9.97 Å². The van der Waals surface area contributed by atoms with E-state index < -0.39 is 6.10 Å². The summed E-state index contributed by atoms with van der Waals surface area (Å²) < 4.78 is 18.1. The van der Waals surface area contributed by atoms with Gasteiger partial charge in [0.15, 0.2) is 5.82 Å². The topological polar surface area (TPSA) is 110 Å². The first-order chi connectivity index (χ1) is 20.2. The molecule has 42 heavy (non-hydrogen) atoms. The van der Waals surface area contributed by atoms with Crippen molar-refractivity contribution < 1.29 is 19.3 Å². The van der Waals surface area contributed by atoms with Crippen molar-refractivity contribution >= 4 is 29.0 Å². The number of aliphatic hydroxyl groups excluding tert-OH is 1. The first-order valence-electron chi connectivity index (χ1n) is 14.1. The van der Waals surface area contributed by atoms with E-state index in [2.05, 4.69) is 20.2 Å². The zero-order chi connectivity index (χ0) is 29.9. The van der Waals surface area contributed by atoms with E-state index in [4.69, 9.17) is 47.4 Å². The minimum Gasteiger partial charge on any atom is -0.491 e. The summed E-state index contributed by atoms with van der Waals surface area (Å²) >= 11 is 13.3. The van der Waals surface area contributed by atoms with Crippen LogP contribution in [0, 0.1) is 12.3 Å². The Morgan fingerprint density at radius 3 is 2.57 bits per heavy atom. The fourth-order valence-corrected chi connectivity index (χ4v) is 6.19. The standard InChI is InChI=1S/C29H39Cl2N7O4/c1-19-25(26-24(31)13-33-36(26)3)34-27(22-11-21(5-6-23(22)30)42-14-20(39)12-32-2)35-28(19)38-15-29(16-38)7-9-37(10-8-29)17-41-18-40-4/h5-6,11,13,20,32,39H,7-10,12,14-18H2,1-4H3/t20-/m1/s1. The molecule has 0 radical (unpaired) electrons. The van der Waals surface area contributed by atoms with Gasteiger partial charge in [0, 0.05) is 63.4 Å². The van der Waals surface area contributed by atoms with Crippen molar-refractivity contribution in [1.29, 1.82) is 0 Å². The Balaban J connectivity index is 1.43. The van der Waals surface area contributed by atoms with E-state index in [1.807, 2.05) is 20.0 Å². The van der Waals surface area contributed by atoms with Crippen molar-refractivity contribution in [2.45, 2.75) is 25.9 Å². The third-order valence-electron chi connectivity index (χ3n) is 8.04. The molecule has 0 unspecified atom stereocenters. The van der Waals surface area contributed by atoms with Crippen LogP contribution >= 0.6 is 23.2 Å². The van der Waals surface area contributed by atoms with Crippen molar-refractivity contribution in [1.82, 2.24) is 30.0 Å². The summed E-state index contributed by atoms with van der Waals surface area (Å²) in [5.74, 6) is 1.90.